The lowest BCUT2D eigenvalue weighted by atomic mass is 9.78. The van der Waals surface area contributed by atoms with Crippen LogP contribution >= 0.6 is 11.6 Å². The number of carbonyl (C=O) groups is 6. The minimum absolute atomic E-state index is 0.0162. The fraction of sp³-hybridized carbons (Fsp3) is 0.526. The number of hydrogen-bond donors (Lipinski definition) is 3. The van der Waals surface area contributed by atoms with Gasteiger partial charge in [-0.1, -0.05) is 105 Å². The number of esters is 1. The van der Waals surface area contributed by atoms with Crippen molar-refractivity contribution in [1.29, 1.82) is 0 Å². The van der Waals surface area contributed by atoms with Crippen LogP contribution in [-0.4, -0.2) is 59.7 Å². The van der Waals surface area contributed by atoms with E-state index in [2.05, 4.69) is 16.0 Å². The van der Waals surface area contributed by atoms with Gasteiger partial charge in [-0.2, -0.15) is 0 Å². The van der Waals surface area contributed by atoms with E-state index in [-0.39, 0.29) is 36.0 Å². The summed E-state index contributed by atoms with van der Waals surface area (Å²) in [7, 11) is 0. The molecule has 1 aliphatic heterocycles. The summed E-state index contributed by atoms with van der Waals surface area (Å²) in [5.41, 5.74) is 0.468. The zero-order valence-corrected chi connectivity index (χ0v) is 29.0. The minimum Gasteiger partial charge on any atom is -0.452 e. The molecule has 0 bridgehead atoms. The number of nitrogens with one attached hydrogen (secondary N) is 3. The van der Waals surface area contributed by atoms with Crippen LogP contribution in [0.4, 0.5) is 4.79 Å². The topological polar surface area (TPSA) is 157 Å². The molecule has 3 fully saturated rings. The summed E-state index contributed by atoms with van der Waals surface area (Å²) in [6, 6.07) is 12.5. The van der Waals surface area contributed by atoms with Crippen molar-refractivity contribution in [2.45, 2.75) is 108 Å². The maximum atomic E-state index is 14.0. The van der Waals surface area contributed by atoms with E-state index < -0.39 is 54.1 Å². The number of ether oxygens (including phenoxy) is 2. The van der Waals surface area contributed by atoms with Crippen LogP contribution in [0.1, 0.15) is 99.4 Å². The number of amides is 3. The Morgan fingerprint density at radius 2 is 1.56 bits per heavy atom. The van der Waals surface area contributed by atoms with Gasteiger partial charge in [0.25, 0.3) is 5.78 Å². The first-order valence-corrected chi connectivity index (χ1v) is 18.1. The molecular formula is C38H46ClN3O8. The molecule has 1 heterocycles. The molecule has 3 amide bonds. The lowest BCUT2D eigenvalue weighted by Crippen LogP contribution is -2.53. The standard InChI is InChI=1S/C38H46ClN3O8/c39-29-16-10-13-26(19-29)23-50-37(48)41-31(20-25-11-4-1-5-12-25)35(46)40-30(21-28-22-38(42-34(28)45)17-8-3-9-18-38)32(43)24-49-36(47)33(44)27-14-6-2-7-15-27/h2,6-7,10,13-16,19,25,28,30-31H,1,3-5,8-9,11-12,17-18,20-24H2,(H,40,46)(H,41,48)(H,42,45)/t28?,30-,31-/m0/s1. The Hall–Kier alpha value is -4.25. The molecule has 2 aliphatic carbocycles. The summed E-state index contributed by atoms with van der Waals surface area (Å²) in [4.78, 5) is 79.0. The second-order valence-corrected chi connectivity index (χ2v) is 14.3. The monoisotopic (exact) mass is 707 g/mol. The number of rotatable bonds is 14. The Bertz CT molecular complexity index is 1540. The summed E-state index contributed by atoms with van der Waals surface area (Å²) < 4.78 is 10.5. The average Bonchev–Trinajstić information content (AvgIpc) is 3.42. The highest BCUT2D eigenvalue weighted by atomic mass is 35.5. The molecule has 2 aromatic rings. The summed E-state index contributed by atoms with van der Waals surface area (Å²) in [6.07, 6.45) is 9.80. The zero-order valence-electron chi connectivity index (χ0n) is 28.3. The van der Waals surface area contributed by atoms with E-state index >= 15 is 0 Å². The lowest BCUT2D eigenvalue weighted by molar-refractivity contribution is -0.144. The smallest absolute Gasteiger partial charge is 0.408 e. The van der Waals surface area contributed by atoms with Crippen molar-refractivity contribution in [2.24, 2.45) is 11.8 Å². The fourth-order valence-electron chi connectivity index (χ4n) is 7.51. The maximum Gasteiger partial charge on any atom is 0.408 e. The molecule has 5 rings (SSSR count). The molecule has 50 heavy (non-hydrogen) atoms. The van der Waals surface area contributed by atoms with Crippen molar-refractivity contribution < 1.29 is 38.2 Å². The second kappa shape index (κ2) is 17.6. The van der Waals surface area contributed by atoms with Gasteiger partial charge in [-0.3, -0.25) is 19.2 Å². The molecule has 0 aromatic heterocycles. The van der Waals surface area contributed by atoms with Gasteiger partial charge < -0.3 is 25.4 Å². The Labute approximate surface area is 297 Å². The van der Waals surface area contributed by atoms with E-state index in [0.717, 1.165) is 64.2 Å². The van der Waals surface area contributed by atoms with Crippen molar-refractivity contribution in [2.75, 3.05) is 6.61 Å². The highest BCUT2D eigenvalue weighted by Crippen LogP contribution is 2.39. The zero-order chi connectivity index (χ0) is 35.5. The van der Waals surface area contributed by atoms with E-state index in [4.69, 9.17) is 21.1 Å². The molecule has 268 valence electrons. The van der Waals surface area contributed by atoms with Crippen LogP contribution in [0.2, 0.25) is 5.02 Å². The molecule has 11 nitrogen and oxygen atoms in total. The van der Waals surface area contributed by atoms with Gasteiger partial charge in [-0.05, 0) is 55.7 Å². The van der Waals surface area contributed by atoms with Crippen molar-refractivity contribution in [3.63, 3.8) is 0 Å². The van der Waals surface area contributed by atoms with Crippen LogP contribution in [-0.2, 0) is 35.3 Å². The Morgan fingerprint density at radius 3 is 2.28 bits per heavy atom. The third-order valence-electron chi connectivity index (χ3n) is 10.2. The maximum absolute atomic E-state index is 14.0. The number of halogens is 1. The highest BCUT2D eigenvalue weighted by Gasteiger charge is 2.46. The first-order valence-electron chi connectivity index (χ1n) is 17.7. The first kappa shape index (κ1) is 37.0. The van der Waals surface area contributed by atoms with Crippen LogP contribution in [0.25, 0.3) is 0 Å². The SMILES string of the molecule is O=C(N[C@@H](CC1CCCCC1)C(=O)N[C@@H](CC1CC2(CCCCC2)NC1=O)C(=O)COC(=O)C(=O)c1ccccc1)OCc1cccc(Cl)c1. The number of benzene rings is 2. The van der Waals surface area contributed by atoms with Crippen molar-refractivity contribution in [3.05, 3.63) is 70.7 Å². The van der Waals surface area contributed by atoms with Crippen LogP contribution in [0.5, 0.6) is 0 Å². The largest absolute Gasteiger partial charge is 0.452 e. The Kier molecular flexibility index (Phi) is 13.0. The second-order valence-electron chi connectivity index (χ2n) is 13.9. The van der Waals surface area contributed by atoms with Gasteiger partial charge in [-0.25, -0.2) is 9.59 Å². The molecule has 1 unspecified atom stereocenters. The number of Topliss-reactive ketones (excluding diaryl/α,β-unsaturated/α-hetero) is 2. The fourth-order valence-corrected chi connectivity index (χ4v) is 7.72. The van der Waals surface area contributed by atoms with Crippen LogP contribution < -0.4 is 16.0 Å². The molecule has 0 radical (unpaired) electrons. The number of hydrogen-bond acceptors (Lipinski definition) is 8. The number of carbonyl (C=O) groups excluding carboxylic acids is 6. The van der Waals surface area contributed by atoms with E-state index in [1.807, 2.05) is 0 Å². The van der Waals surface area contributed by atoms with Crippen LogP contribution in [0, 0.1) is 11.8 Å². The molecule has 1 saturated heterocycles. The first-order chi connectivity index (χ1) is 24.1. The van der Waals surface area contributed by atoms with Gasteiger partial charge in [-0.15, -0.1) is 0 Å². The van der Waals surface area contributed by atoms with Crippen molar-refractivity contribution in [3.8, 4) is 0 Å². The van der Waals surface area contributed by atoms with Crippen molar-refractivity contribution >= 4 is 47.0 Å². The molecule has 3 N–H and O–H groups in total. The molecule has 3 atom stereocenters. The predicted octanol–water partition coefficient (Wildman–Crippen LogP) is 5.61. The number of alkyl carbamates (subject to hydrolysis) is 1. The lowest BCUT2D eigenvalue weighted by Gasteiger charge is -2.33. The van der Waals surface area contributed by atoms with Gasteiger partial charge in [0.1, 0.15) is 12.6 Å². The Morgan fingerprint density at radius 1 is 0.840 bits per heavy atom. The van der Waals surface area contributed by atoms with E-state index in [0.29, 0.717) is 23.4 Å². The summed E-state index contributed by atoms with van der Waals surface area (Å²) in [5, 5.41) is 9.14. The van der Waals surface area contributed by atoms with Gasteiger partial charge in [0, 0.05) is 22.0 Å². The third kappa shape index (κ3) is 10.4. The van der Waals surface area contributed by atoms with Gasteiger partial charge in [0.2, 0.25) is 11.8 Å². The normalized spacial score (nSPS) is 19.9. The van der Waals surface area contributed by atoms with E-state index in [1.54, 1.807) is 42.5 Å². The van der Waals surface area contributed by atoms with E-state index in [1.165, 1.54) is 12.1 Å². The highest BCUT2D eigenvalue weighted by molar-refractivity contribution is 6.40. The summed E-state index contributed by atoms with van der Waals surface area (Å²) in [6.45, 7) is -0.832. The predicted molar refractivity (Wildman–Crippen MR) is 185 cm³/mol. The number of ketones is 2. The minimum atomic E-state index is -1.21. The summed E-state index contributed by atoms with van der Waals surface area (Å²) >= 11 is 6.06. The van der Waals surface area contributed by atoms with E-state index in [9.17, 15) is 28.8 Å². The molecule has 12 heteroatoms. The molecule has 2 aromatic carbocycles. The van der Waals surface area contributed by atoms with Gasteiger partial charge in [0.05, 0.1) is 6.04 Å². The van der Waals surface area contributed by atoms with Crippen LogP contribution in [0.3, 0.4) is 0 Å². The van der Waals surface area contributed by atoms with Crippen molar-refractivity contribution in [1.82, 2.24) is 16.0 Å². The molecule has 2 saturated carbocycles. The third-order valence-corrected chi connectivity index (χ3v) is 10.4. The molecule has 1 spiro atoms. The van der Waals surface area contributed by atoms with Gasteiger partial charge in [0.15, 0.2) is 12.4 Å². The summed E-state index contributed by atoms with van der Waals surface area (Å²) in [5.74, 6) is -3.93. The van der Waals surface area contributed by atoms with Gasteiger partial charge >= 0.3 is 12.1 Å². The quantitative estimate of drug-likeness (QED) is 0.130. The molecule has 3 aliphatic rings. The molecular weight excluding hydrogens is 662 g/mol. The average molecular weight is 708 g/mol. The van der Waals surface area contributed by atoms with Crippen LogP contribution in [0.15, 0.2) is 54.6 Å². The Balaban J connectivity index is 1.29.